The van der Waals surface area contributed by atoms with E-state index in [-0.39, 0.29) is 11.3 Å². The van der Waals surface area contributed by atoms with Gasteiger partial charge in [-0.25, -0.2) is 4.99 Å². The van der Waals surface area contributed by atoms with Gasteiger partial charge in [-0.3, -0.25) is 0 Å². The topological polar surface area (TPSA) is 108 Å². The molecule has 1 N–H and O–H groups in total. The molecule has 0 radical (unpaired) electrons. The second kappa shape index (κ2) is 10.8. The zero-order valence-corrected chi connectivity index (χ0v) is 24.2. The van der Waals surface area contributed by atoms with Crippen LogP contribution in [0.5, 0.6) is 0 Å². The third-order valence-corrected chi connectivity index (χ3v) is 8.42. The molecule has 0 amide bonds. The number of halogens is 6. The summed E-state index contributed by atoms with van der Waals surface area (Å²) in [5.41, 5.74) is 4.40. The molecule has 6 nitrogen and oxygen atoms in total. The van der Waals surface area contributed by atoms with Crippen LogP contribution >= 0.6 is 0 Å². The minimum atomic E-state index is -4.50. The van der Waals surface area contributed by atoms with E-state index in [2.05, 4.69) is 10.3 Å². The Morgan fingerprint density at radius 3 is 1.65 bits per heavy atom. The lowest BCUT2D eigenvalue weighted by molar-refractivity contribution is -0.138. The molecule has 232 valence electrons. The fourth-order valence-electron chi connectivity index (χ4n) is 6.21. The molecule has 3 aliphatic rings. The van der Waals surface area contributed by atoms with Gasteiger partial charge >= 0.3 is 12.4 Å². The van der Waals surface area contributed by atoms with Crippen molar-refractivity contribution < 1.29 is 26.3 Å². The molecule has 0 saturated heterocycles. The lowest BCUT2D eigenvalue weighted by Gasteiger charge is -2.23. The maximum Gasteiger partial charge on any atom is 0.416 e. The molecule has 0 saturated carbocycles. The minimum absolute atomic E-state index is 0.186. The number of nitriles is 3. The van der Waals surface area contributed by atoms with Crippen LogP contribution in [0.4, 0.5) is 26.3 Å². The van der Waals surface area contributed by atoms with E-state index in [0.717, 1.165) is 24.3 Å². The van der Waals surface area contributed by atoms with Crippen molar-refractivity contribution in [1.82, 2.24) is 5.32 Å². The summed E-state index contributed by atoms with van der Waals surface area (Å²) in [5.74, 6) is 0. The Bertz CT molecular complexity index is 2290. The summed E-state index contributed by atoms with van der Waals surface area (Å²) in [5, 5.41) is 32.8. The van der Waals surface area contributed by atoms with Crippen LogP contribution in [-0.2, 0) is 12.4 Å². The fourth-order valence-corrected chi connectivity index (χ4v) is 6.21. The Hall–Kier alpha value is -6.45. The molecule has 12 heteroatoms. The number of allylic oxidation sites excluding steroid dienone is 2. The molecule has 0 bridgehead atoms. The summed E-state index contributed by atoms with van der Waals surface area (Å²) in [7, 11) is 0. The lowest BCUT2D eigenvalue weighted by Crippen LogP contribution is -2.36. The molecule has 1 unspecified atom stereocenters. The highest BCUT2D eigenvalue weighted by Gasteiger charge is 2.43. The van der Waals surface area contributed by atoms with Gasteiger partial charge in [0.05, 0.1) is 28.6 Å². The van der Waals surface area contributed by atoms with Gasteiger partial charge in [0.2, 0.25) is 6.19 Å². The molecule has 48 heavy (non-hydrogen) atoms. The molecule has 0 aromatic heterocycles. The van der Waals surface area contributed by atoms with Crippen molar-refractivity contribution in [3.8, 4) is 40.6 Å². The van der Waals surface area contributed by atoms with Crippen LogP contribution in [0.2, 0.25) is 0 Å². The van der Waals surface area contributed by atoms with Gasteiger partial charge in [-0.2, -0.15) is 47.1 Å². The Kier molecular flexibility index (Phi) is 6.81. The Morgan fingerprint density at radius 1 is 0.646 bits per heavy atom. The van der Waals surface area contributed by atoms with E-state index in [4.69, 9.17) is 4.99 Å². The maximum atomic E-state index is 13.2. The number of nitrogens with one attached hydrogen (secondary N) is 1. The zero-order chi connectivity index (χ0) is 34.0. The first-order valence-corrected chi connectivity index (χ1v) is 14.2. The first kappa shape index (κ1) is 30.2. The highest BCUT2D eigenvalue weighted by Crippen LogP contribution is 2.45. The number of rotatable bonds is 2. The molecule has 1 aliphatic heterocycles. The molecule has 2 aliphatic carbocycles. The number of fused-ring (bicyclic) bond motifs is 5. The number of hydrogen-bond acceptors (Lipinski definition) is 6. The van der Waals surface area contributed by atoms with Crippen molar-refractivity contribution in [1.29, 1.82) is 15.8 Å². The van der Waals surface area contributed by atoms with Gasteiger partial charge in [-0.15, -0.1) is 0 Å². The second-order valence-electron chi connectivity index (χ2n) is 11.0. The highest BCUT2D eigenvalue weighted by molar-refractivity contribution is 6.30. The molecule has 1 heterocycles. The normalized spacial score (nSPS) is 16.9. The predicted molar refractivity (Wildman–Crippen MR) is 164 cm³/mol. The van der Waals surface area contributed by atoms with Crippen LogP contribution in [0.25, 0.3) is 33.5 Å². The van der Waals surface area contributed by atoms with E-state index in [1.807, 2.05) is 12.1 Å². The van der Waals surface area contributed by atoms with Crippen molar-refractivity contribution in [2.75, 3.05) is 0 Å². The van der Waals surface area contributed by atoms with Crippen LogP contribution in [0.3, 0.4) is 0 Å². The Labute approximate surface area is 268 Å². The fraction of sp³-hybridized carbons (Fsp3) is 0.0833. The van der Waals surface area contributed by atoms with E-state index in [0.29, 0.717) is 67.2 Å². The molecule has 4 aromatic carbocycles. The van der Waals surface area contributed by atoms with Crippen LogP contribution < -0.4 is 5.32 Å². The lowest BCUT2D eigenvalue weighted by atomic mass is 9.95. The molecule has 0 spiro atoms. The first-order valence-electron chi connectivity index (χ1n) is 14.2. The summed E-state index contributed by atoms with van der Waals surface area (Å²) in [6.07, 6.45) is -7.18. The van der Waals surface area contributed by atoms with Gasteiger partial charge in [0, 0.05) is 22.3 Å². The summed E-state index contributed by atoms with van der Waals surface area (Å²) in [6, 6.07) is 22.7. The van der Waals surface area contributed by atoms with Crippen molar-refractivity contribution in [2.24, 2.45) is 9.98 Å². The molecule has 7 rings (SSSR count). The third-order valence-electron chi connectivity index (χ3n) is 8.42. The van der Waals surface area contributed by atoms with E-state index >= 15 is 0 Å². The van der Waals surface area contributed by atoms with Gasteiger partial charge in [-0.05, 0) is 64.2 Å². The van der Waals surface area contributed by atoms with E-state index in [1.165, 1.54) is 24.3 Å². The van der Waals surface area contributed by atoms with E-state index < -0.39 is 29.5 Å². The standard InChI is InChI=1S/C36H16F6N6/c37-35(38,39)23-7-1-18(2-8-23)20-5-11-25-27(13-20)29(22(15-43)16-44)33-31(25)48-34-30(46-17-45)28-14-21(6-12-26(28)32(34)47-33)19-3-9-24(10-4-19)36(40,41)42/h1-14,33,47H/b46-30+. The van der Waals surface area contributed by atoms with Crippen molar-refractivity contribution in [3.63, 3.8) is 0 Å². The average molecular weight is 647 g/mol. The summed E-state index contributed by atoms with van der Waals surface area (Å²) >= 11 is 0. The summed E-state index contributed by atoms with van der Waals surface area (Å²) in [6.45, 7) is 0. The van der Waals surface area contributed by atoms with Crippen LogP contribution in [0.15, 0.2) is 106 Å². The number of hydrogen-bond donors (Lipinski definition) is 1. The minimum Gasteiger partial charge on any atom is -0.370 e. The van der Waals surface area contributed by atoms with Gasteiger partial charge < -0.3 is 5.32 Å². The highest BCUT2D eigenvalue weighted by atomic mass is 19.4. The quantitative estimate of drug-likeness (QED) is 0.134. The molecule has 0 fully saturated rings. The van der Waals surface area contributed by atoms with E-state index in [9.17, 15) is 42.1 Å². The smallest absolute Gasteiger partial charge is 0.370 e. The number of nitrogens with zero attached hydrogens (tertiary/aromatic N) is 5. The average Bonchev–Trinajstić information content (AvgIpc) is 3.55. The Balaban J connectivity index is 1.32. The van der Waals surface area contributed by atoms with Gasteiger partial charge in [0.15, 0.2) is 0 Å². The predicted octanol–water partition coefficient (Wildman–Crippen LogP) is 8.29. The first-order chi connectivity index (χ1) is 22.9. The SMILES string of the molecule is N#C/N=C1/C2=C(NC3C(=N2)c2ccc(-c4ccc(C(F)(F)F)cc4)cc2C3=C(C#N)C#N)c2ccc(-c3ccc(C(F)(F)F)cc3)cc21. The number of benzene rings is 4. The van der Waals surface area contributed by atoms with Crippen molar-refractivity contribution in [3.05, 3.63) is 130 Å². The maximum absolute atomic E-state index is 13.2. The third kappa shape index (κ3) is 4.81. The number of alkyl halides is 6. The molecule has 4 aromatic rings. The van der Waals surface area contributed by atoms with Crippen LogP contribution in [0, 0.1) is 34.1 Å². The van der Waals surface area contributed by atoms with Gasteiger partial charge in [-0.1, -0.05) is 48.5 Å². The second-order valence-corrected chi connectivity index (χ2v) is 11.0. The monoisotopic (exact) mass is 646 g/mol. The molecule has 1 atom stereocenters. The van der Waals surface area contributed by atoms with Crippen molar-refractivity contribution >= 4 is 22.7 Å². The van der Waals surface area contributed by atoms with Crippen molar-refractivity contribution in [2.45, 2.75) is 18.4 Å². The molecular weight excluding hydrogens is 630 g/mol. The van der Waals surface area contributed by atoms with Gasteiger partial charge in [0.25, 0.3) is 0 Å². The Morgan fingerprint density at radius 2 is 1.15 bits per heavy atom. The summed E-state index contributed by atoms with van der Waals surface area (Å²) in [4.78, 5) is 8.93. The van der Waals surface area contributed by atoms with Crippen LogP contribution in [-0.4, -0.2) is 17.5 Å². The largest absolute Gasteiger partial charge is 0.416 e. The summed E-state index contributed by atoms with van der Waals surface area (Å²) < 4.78 is 78.8. The molecular formula is C36H16F6N6. The number of aliphatic imine (C=N–C) groups is 2. The zero-order valence-electron chi connectivity index (χ0n) is 24.2. The van der Waals surface area contributed by atoms with E-state index in [1.54, 1.807) is 42.6 Å². The van der Waals surface area contributed by atoms with Gasteiger partial charge in [0.1, 0.15) is 29.1 Å². The van der Waals surface area contributed by atoms with Crippen LogP contribution in [0.1, 0.15) is 33.4 Å².